The maximum atomic E-state index is 12.4. The highest BCUT2D eigenvalue weighted by Gasteiger charge is 2.14. The number of H-pyrrole nitrogens is 1. The minimum absolute atomic E-state index is 0.00330. The summed E-state index contributed by atoms with van der Waals surface area (Å²) in [5.74, 6) is 0.00330. The normalized spacial score (nSPS) is 14.2. The Morgan fingerprint density at radius 2 is 1.92 bits per heavy atom. The molecule has 0 unspecified atom stereocenters. The summed E-state index contributed by atoms with van der Waals surface area (Å²) in [6.07, 6.45) is 8.92. The third-order valence-corrected chi connectivity index (χ3v) is 4.46. The molecule has 1 aliphatic carbocycles. The number of aromatic amines is 1. The molecule has 4 heteroatoms. The van der Waals surface area contributed by atoms with Gasteiger partial charge in [0.1, 0.15) is 0 Å². The number of fused-ring (bicyclic) bond motifs is 1. The van der Waals surface area contributed by atoms with E-state index in [0.29, 0.717) is 0 Å². The summed E-state index contributed by atoms with van der Waals surface area (Å²) in [6.45, 7) is 0. The predicted octanol–water partition coefficient (Wildman–Crippen LogP) is 4.78. The van der Waals surface area contributed by atoms with Crippen molar-refractivity contribution >= 4 is 34.6 Å². The molecule has 2 N–H and O–H groups in total. The first kappa shape index (κ1) is 15.4. The fraction of sp³-hybridized carbons (Fsp3) is 0.143. The average molecular weight is 329 g/mol. The lowest BCUT2D eigenvalue weighted by atomic mass is 10.1. The number of hydrogen-bond acceptors (Lipinski definition) is 2. The van der Waals surface area contributed by atoms with Crippen molar-refractivity contribution in [3.63, 3.8) is 0 Å². The van der Waals surface area contributed by atoms with Crippen LogP contribution in [0.1, 0.15) is 30.5 Å². The highest BCUT2D eigenvalue weighted by atomic mass is 16.1. The molecule has 124 valence electrons. The number of nitrogens with zero attached hydrogens (tertiary/aromatic N) is 1. The first-order chi connectivity index (χ1) is 12.3. The summed E-state index contributed by atoms with van der Waals surface area (Å²) in [5, 5.41) is 11.5. The lowest BCUT2D eigenvalue weighted by Gasteiger charge is -2.09. The fourth-order valence-corrected chi connectivity index (χ4v) is 3.12. The number of rotatable bonds is 4. The van der Waals surface area contributed by atoms with Crippen LogP contribution in [0.4, 0.5) is 5.69 Å². The fourth-order valence-electron chi connectivity index (χ4n) is 3.12. The van der Waals surface area contributed by atoms with Gasteiger partial charge in [0, 0.05) is 16.6 Å². The zero-order valence-electron chi connectivity index (χ0n) is 13.8. The molecule has 0 aliphatic heterocycles. The van der Waals surface area contributed by atoms with E-state index in [9.17, 15) is 4.79 Å². The van der Waals surface area contributed by atoms with Crippen LogP contribution < -0.4 is 5.32 Å². The Labute approximate surface area is 146 Å². The summed E-state index contributed by atoms with van der Waals surface area (Å²) in [6, 6.07) is 15.8. The highest BCUT2D eigenvalue weighted by molar-refractivity contribution is 6.05. The summed E-state index contributed by atoms with van der Waals surface area (Å²) >= 11 is 0. The molecule has 0 bridgehead atoms. The number of carbonyl (C=O) groups is 1. The van der Waals surface area contributed by atoms with E-state index in [0.717, 1.165) is 52.7 Å². The Hall–Kier alpha value is -3.14. The number of amides is 1. The molecule has 4 rings (SSSR count). The van der Waals surface area contributed by atoms with Crippen molar-refractivity contribution in [1.82, 2.24) is 10.2 Å². The second-order valence-electron chi connectivity index (χ2n) is 6.15. The van der Waals surface area contributed by atoms with Gasteiger partial charge < -0.3 is 5.32 Å². The zero-order valence-corrected chi connectivity index (χ0v) is 13.8. The smallest absolute Gasteiger partial charge is 0.251 e. The lowest BCUT2D eigenvalue weighted by molar-refractivity contribution is -0.112. The standard InChI is InChI=1S/C21H19N3O/c25-21(16-8-1-2-9-16)22-18-11-5-3-7-15(18)13-14-20-17-10-4-6-12-19(17)23-24-20/h3-8,10-14H,1-2,9H2,(H,22,25)(H,23,24)/b14-13+. The lowest BCUT2D eigenvalue weighted by Crippen LogP contribution is -2.13. The van der Waals surface area contributed by atoms with Gasteiger partial charge in [-0.15, -0.1) is 0 Å². The van der Waals surface area contributed by atoms with Gasteiger partial charge in [0.15, 0.2) is 0 Å². The number of benzene rings is 2. The third-order valence-electron chi connectivity index (χ3n) is 4.46. The van der Waals surface area contributed by atoms with E-state index in [1.165, 1.54) is 0 Å². The van der Waals surface area contributed by atoms with Crippen LogP contribution in [0.5, 0.6) is 0 Å². The molecule has 3 aromatic rings. The Balaban J connectivity index is 1.59. The Morgan fingerprint density at radius 1 is 1.08 bits per heavy atom. The van der Waals surface area contributed by atoms with Crippen molar-refractivity contribution < 1.29 is 4.79 Å². The van der Waals surface area contributed by atoms with E-state index in [2.05, 4.69) is 15.5 Å². The van der Waals surface area contributed by atoms with Gasteiger partial charge in [0.05, 0.1) is 11.2 Å². The quantitative estimate of drug-likeness (QED) is 0.723. The largest absolute Gasteiger partial charge is 0.322 e. The van der Waals surface area contributed by atoms with Gasteiger partial charge in [-0.1, -0.05) is 48.6 Å². The molecule has 25 heavy (non-hydrogen) atoms. The number of aromatic nitrogens is 2. The van der Waals surface area contributed by atoms with Gasteiger partial charge in [0.2, 0.25) is 0 Å². The van der Waals surface area contributed by atoms with Crippen LogP contribution in [-0.4, -0.2) is 16.1 Å². The average Bonchev–Trinajstić information content (AvgIpc) is 3.31. The molecule has 0 atom stereocenters. The molecule has 0 spiro atoms. The van der Waals surface area contributed by atoms with E-state index in [-0.39, 0.29) is 5.91 Å². The first-order valence-electron chi connectivity index (χ1n) is 8.52. The molecular formula is C21H19N3O. The van der Waals surface area contributed by atoms with Gasteiger partial charge in [0.25, 0.3) is 5.91 Å². The van der Waals surface area contributed by atoms with Gasteiger partial charge in [-0.25, -0.2) is 0 Å². The van der Waals surface area contributed by atoms with Gasteiger partial charge in [-0.05, 0) is 43.0 Å². The minimum atomic E-state index is 0.00330. The molecule has 2 aromatic carbocycles. The molecule has 1 aliphatic rings. The number of carbonyl (C=O) groups excluding carboxylic acids is 1. The van der Waals surface area contributed by atoms with Crippen molar-refractivity contribution in [3.05, 3.63) is 71.4 Å². The van der Waals surface area contributed by atoms with Gasteiger partial charge in [-0.3, -0.25) is 9.89 Å². The summed E-state index contributed by atoms with van der Waals surface area (Å²) in [4.78, 5) is 12.4. The minimum Gasteiger partial charge on any atom is -0.322 e. The molecule has 1 aromatic heterocycles. The van der Waals surface area contributed by atoms with E-state index in [1.807, 2.05) is 66.8 Å². The van der Waals surface area contributed by atoms with E-state index in [1.54, 1.807) is 0 Å². The Bertz CT molecular complexity index is 981. The Morgan fingerprint density at radius 3 is 2.80 bits per heavy atom. The van der Waals surface area contributed by atoms with E-state index in [4.69, 9.17) is 0 Å². The van der Waals surface area contributed by atoms with Crippen molar-refractivity contribution in [2.24, 2.45) is 0 Å². The highest BCUT2D eigenvalue weighted by Crippen LogP contribution is 2.23. The molecule has 1 amide bonds. The van der Waals surface area contributed by atoms with Gasteiger partial charge >= 0.3 is 0 Å². The van der Waals surface area contributed by atoms with Gasteiger partial charge in [-0.2, -0.15) is 5.10 Å². The maximum absolute atomic E-state index is 12.4. The number of nitrogens with one attached hydrogen (secondary N) is 2. The van der Waals surface area contributed by atoms with E-state index < -0.39 is 0 Å². The topological polar surface area (TPSA) is 57.8 Å². The number of para-hydroxylation sites is 2. The summed E-state index contributed by atoms with van der Waals surface area (Å²) in [7, 11) is 0. The van der Waals surface area contributed by atoms with E-state index >= 15 is 0 Å². The number of anilines is 1. The second-order valence-corrected chi connectivity index (χ2v) is 6.15. The van der Waals surface area contributed by atoms with Crippen molar-refractivity contribution in [1.29, 1.82) is 0 Å². The molecule has 0 radical (unpaired) electrons. The molecule has 1 heterocycles. The van der Waals surface area contributed by atoms with Crippen LogP contribution in [-0.2, 0) is 4.79 Å². The summed E-state index contributed by atoms with van der Waals surface area (Å²) < 4.78 is 0. The van der Waals surface area contributed by atoms with Crippen molar-refractivity contribution in [2.45, 2.75) is 19.3 Å². The second kappa shape index (κ2) is 6.77. The number of hydrogen-bond donors (Lipinski definition) is 2. The molecule has 0 saturated carbocycles. The molecular weight excluding hydrogens is 310 g/mol. The third kappa shape index (κ3) is 3.24. The SMILES string of the molecule is O=C(Nc1ccccc1/C=C/c1n[nH]c2ccccc12)C1=CCCC1. The van der Waals surface area contributed by atoms with Crippen LogP contribution in [0.3, 0.4) is 0 Å². The number of allylic oxidation sites excluding steroid dienone is 1. The first-order valence-corrected chi connectivity index (χ1v) is 8.52. The predicted molar refractivity (Wildman–Crippen MR) is 102 cm³/mol. The van der Waals surface area contributed by atoms with Crippen LogP contribution in [0.25, 0.3) is 23.1 Å². The monoisotopic (exact) mass is 329 g/mol. The van der Waals surface area contributed by atoms with Crippen molar-refractivity contribution in [2.75, 3.05) is 5.32 Å². The maximum Gasteiger partial charge on any atom is 0.251 e. The molecule has 0 saturated heterocycles. The summed E-state index contributed by atoms with van der Waals surface area (Å²) in [5.41, 5.74) is 4.56. The van der Waals surface area contributed by atoms with Crippen LogP contribution in [0, 0.1) is 0 Å². The van der Waals surface area contributed by atoms with Crippen LogP contribution in [0.2, 0.25) is 0 Å². The molecule has 0 fully saturated rings. The van der Waals surface area contributed by atoms with Crippen LogP contribution >= 0.6 is 0 Å². The van der Waals surface area contributed by atoms with Crippen LogP contribution in [0.15, 0.2) is 60.2 Å². The zero-order chi connectivity index (χ0) is 17.1. The Kier molecular flexibility index (Phi) is 4.17. The van der Waals surface area contributed by atoms with Crippen molar-refractivity contribution in [3.8, 4) is 0 Å². The molecule has 4 nitrogen and oxygen atoms in total.